The van der Waals surface area contributed by atoms with Gasteiger partial charge in [-0.15, -0.1) is 0 Å². The lowest BCUT2D eigenvalue weighted by molar-refractivity contribution is -0.137. The van der Waals surface area contributed by atoms with Crippen molar-refractivity contribution in [2.75, 3.05) is 17.2 Å². The minimum absolute atomic E-state index is 0.0513. The van der Waals surface area contributed by atoms with Crippen LogP contribution in [0.25, 0.3) is 11.2 Å². The van der Waals surface area contributed by atoms with Crippen LogP contribution in [0.1, 0.15) is 45.3 Å². The van der Waals surface area contributed by atoms with Crippen LogP contribution in [0.5, 0.6) is 0 Å². The van der Waals surface area contributed by atoms with Crippen molar-refractivity contribution in [3.63, 3.8) is 0 Å². The van der Waals surface area contributed by atoms with Crippen molar-refractivity contribution >= 4 is 44.6 Å². The Kier molecular flexibility index (Phi) is 8.46. The second-order valence-electron chi connectivity index (χ2n) is 9.93. The molecule has 5 rings (SSSR count). The van der Waals surface area contributed by atoms with Crippen molar-refractivity contribution in [1.29, 1.82) is 0 Å². The molecule has 0 bridgehead atoms. The molecule has 4 atom stereocenters. The zero-order valence-electron chi connectivity index (χ0n) is 22.2. The lowest BCUT2D eigenvalue weighted by Gasteiger charge is -2.22. The van der Waals surface area contributed by atoms with Crippen molar-refractivity contribution < 1.29 is 33.0 Å². The van der Waals surface area contributed by atoms with Gasteiger partial charge in [-0.25, -0.2) is 32.9 Å². The number of fused-ring (bicyclic) bond motifs is 1. The summed E-state index contributed by atoms with van der Waals surface area (Å²) in [4.78, 5) is 37.5. The van der Waals surface area contributed by atoms with Crippen molar-refractivity contribution in [2.24, 2.45) is 0 Å². The van der Waals surface area contributed by atoms with E-state index >= 15 is 0 Å². The zero-order chi connectivity index (χ0) is 29.1. The van der Waals surface area contributed by atoms with Crippen molar-refractivity contribution in [3.8, 4) is 0 Å². The molecular weight excluding hydrogens is 556 g/mol. The highest BCUT2D eigenvalue weighted by Gasteiger charge is 2.47. The molecule has 220 valence electrons. The Labute approximate surface area is 235 Å². The molecule has 3 heterocycles. The summed E-state index contributed by atoms with van der Waals surface area (Å²) in [6.07, 6.45) is 1.86. The number of carbonyl (C=O) groups excluding carboxylic acids is 2. The van der Waals surface area contributed by atoms with Crippen LogP contribution in [0, 0.1) is 0 Å². The molecule has 41 heavy (non-hydrogen) atoms. The summed E-state index contributed by atoms with van der Waals surface area (Å²) in [7, 11) is -3.67. The number of nitrogens with one attached hydrogen (secondary N) is 4. The van der Waals surface area contributed by atoms with Gasteiger partial charge in [0.05, 0.1) is 11.2 Å². The minimum atomic E-state index is -3.67. The number of ether oxygens (including phenoxy) is 1. The van der Waals surface area contributed by atoms with Crippen LogP contribution in [0.4, 0.5) is 16.3 Å². The molecule has 0 radical (unpaired) electrons. The first-order chi connectivity index (χ1) is 19.7. The number of sulfonamides is 1. The van der Waals surface area contributed by atoms with Gasteiger partial charge in [0.1, 0.15) is 18.5 Å². The highest BCUT2D eigenvalue weighted by Crippen LogP contribution is 2.32. The summed E-state index contributed by atoms with van der Waals surface area (Å²) >= 11 is 0. The lowest BCUT2D eigenvalue weighted by atomic mass is 9.96. The fourth-order valence-corrected chi connectivity index (χ4v) is 6.31. The Balaban J connectivity index is 1.25. The average Bonchev–Trinajstić information content (AvgIpc) is 3.51. The molecule has 2 unspecified atom stereocenters. The Morgan fingerprint density at radius 3 is 2.46 bits per heavy atom. The zero-order valence-corrected chi connectivity index (χ0v) is 23.0. The maximum Gasteiger partial charge on any atom is 0.324 e. The van der Waals surface area contributed by atoms with E-state index in [1.165, 1.54) is 41.5 Å². The van der Waals surface area contributed by atoms with Crippen LogP contribution in [-0.2, 0) is 19.6 Å². The molecule has 2 fully saturated rings. The number of aliphatic hydroxyl groups excluding tert-OH is 2. The minimum Gasteiger partial charge on any atom is -0.387 e. The molecule has 1 saturated carbocycles. The van der Waals surface area contributed by atoms with Gasteiger partial charge in [-0.1, -0.05) is 19.3 Å². The quantitative estimate of drug-likeness (QED) is 0.218. The number of anilines is 2. The van der Waals surface area contributed by atoms with Gasteiger partial charge in [0.2, 0.25) is 10.0 Å². The number of amides is 3. The monoisotopic (exact) mass is 588 g/mol. The molecule has 1 aliphatic carbocycles. The van der Waals surface area contributed by atoms with Gasteiger partial charge in [-0.2, -0.15) is 0 Å². The van der Waals surface area contributed by atoms with E-state index in [2.05, 4.69) is 35.6 Å². The standard InChI is InChI=1S/C25H32N8O7S/c1-2-26-23(36)20-18(34)19(35)24(40-20)33-13-29-17-21(27-12-28-22(17)33)31-25(37)30-14-8-10-16(11-9-14)41(38,39)32-15-6-4-3-5-7-15/h8-13,15,18-20,24,32,34-35H,2-7H2,1H3,(H,26,36)(H2,27,28,30,31,37)/t18?,19?,20-,24+/m0/s1. The number of likely N-dealkylation sites (N-methyl/N-ethyl adjacent to an activating group) is 1. The van der Waals surface area contributed by atoms with Crippen molar-refractivity contribution in [3.05, 3.63) is 36.9 Å². The Morgan fingerprint density at radius 1 is 1.02 bits per heavy atom. The van der Waals surface area contributed by atoms with Gasteiger partial charge >= 0.3 is 6.03 Å². The third-order valence-electron chi connectivity index (χ3n) is 7.06. The molecule has 16 heteroatoms. The smallest absolute Gasteiger partial charge is 0.324 e. The van der Waals surface area contributed by atoms with E-state index in [1.54, 1.807) is 6.92 Å². The van der Waals surface area contributed by atoms with E-state index in [-0.39, 0.29) is 27.9 Å². The number of aromatic nitrogens is 4. The lowest BCUT2D eigenvalue weighted by Crippen LogP contribution is -2.42. The van der Waals surface area contributed by atoms with Crippen LogP contribution in [0.2, 0.25) is 0 Å². The third kappa shape index (κ3) is 6.15. The van der Waals surface area contributed by atoms with Crippen LogP contribution in [0.3, 0.4) is 0 Å². The van der Waals surface area contributed by atoms with Crippen LogP contribution < -0.4 is 20.7 Å². The molecule has 3 amide bonds. The molecule has 2 aromatic heterocycles. The molecule has 3 aromatic rings. The molecule has 1 aliphatic heterocycles. The highest BCUT2D eigenvalue weighted by molar-refractivity contribution is 7.89. The first-order valence-corrected chi connectivity index (χ1v) is 14.8. The molecule has 0 spiro atoms. The van der Waals surface area contributed by atoms with Crippen LogP contribution >= 0.6 is 0 Å². The molecule has 6 N–H and O–H groups in total. The van der Waals surface area contributed by atoms with Gasteiger partial charge in [0.15, 0.2) is 29.3 Å². The Hall–Kier alpha value is -3.70. The summed E-state index contributed by atoms with van der Waals surface area (Å²) < 4.78 is 35.2. The van der Waals surface area contributed by atoms with Crippen LogP contribution in [0.15, 0.2) is 41.8 Å². The fourth-order valence-electron chi connectivity index (χ4n) is 5.01. The summed E-state index contributed by atoms with van der Waals surface area (Å²) in [6, 6.07) is 5.06. The van der Waals surface area contributed by atoms with E-state index in [4.69, 9.17) is 4.74 Å². The summed E-state index contributed by atoms with van der Waals surface area (Å²) in [5, 5.41) is 28.6. The van der Waals surface area contributed by atoms with E-state index in [9.17, 15) is 28.2 Å². The molecule has 2 aliphatic rings. The number of urea groups is 1. The molecule has 1 aromatic carbocycles. The largest absolute Gasteiger partial charge is 0.387 e. The van der Waals surface area contributed by atoms with Gasteiger partial charge in [-0.3, -0.25) is 14.7 Å². The summed E-state index contributed by atoms with van der Waals surface area (Å²) in [6.45, 7) is 2.04. The van der Waals surface area contributed by atoms with Gasteiger partial charge < -0.3 is 25.6 Å². The van der Waals surface area contributed by atoms with Gasteiger partial charge in [0.25, 0.3) is 5.91 Å². The van der Waals surface area contributed by atoms with Gasteiger partial charge in [-0.05, 0) is 44.0 Å². The first-order valence-electron chi connectivity index (χ1n) is 13.3. The van der Waals surface area contributed by atoms with Gasteiger partial charge in [0, 0.05) is 18.3 Å². The number of imidazole rings is 1. The van der Waals surface area contributed by atoms with Crippen molar-refractivity contribution in [2.45, 2.75) is 74.5 Å². The number of rotatable bonds is 8. The van der Waals surface area contributed by atoms with E-state index < -0.39 is 46.5 Å². The average molecular weight is 589 g/mol. The van der Waals surface area contributed by atoms with E-state index in [0.717, 1.165) is 32.1 Å². The van der Waals surface area contributed by atoms with Crippen molar-refractivity contribution in [1.82, 2.24) is 29.6 Å². The predicted molar refractivity (Wildman–Crippen MR) is 146 cm³/mol. The highest BCUT2D eigenvalue weighted by atomic mass is 32.2. The van der Waals surface area contributed by atoms with E-state index in [0.29, 0.717) is 12.2 Å². The Morgan fingerprint density at radius 2 is 1.76 bits per heavy atom. The number of benzene rings is 1. The Bertz CT molecular complexity index is 1510. The molecule has 1 saturated heterocycles. The SMILES string of the molecule is CCNC(=O)[C@H]1O[C@@H](n2cnc3c(NC(=O)Nc4ccc(S(=O)(=O)NC5CCCCC5)cc4)ncnc32)C(O)C1O. The fraction of sp³-hybridized carbons (Fsp3) is 0.480. The molecular formula is C25H32N8O7S. The predicted octanol–water partition coefficient (Wildman–Crippen LogP) is 0.837. The second-order valence-corrected chi connectivity index (χ2v) is 11.6. The number of aliphatic hydroxyl groups is 2. The number of carbonyl (C=O) groups is 2. The number of hydrogen-bond donors (Lipinski definition) is 6. The molecule has 15 nitrogen and oxygen atoms in total. The first kappa shape index (κ1) is 28.8. The summed E-state index contributed by atoms with van der Waals surface area (Å²) in [5.74, 6) is -0.513. The van der Waals surface area contributed by atoms with E-state index in [1.807, 2.05) is 0 Å². The normalized spacial score (nSPS) is 23.4. The summed E-state index contributed by atoms with van der Waals surface area (Å²) in [5.41, 5.74) is 0.704. The number of hydrogen-bond acceptors (Lipinski definition) is 10. The topological polar surface area (TPSA) is 210 Å². The maximum atomic E-state index is 12.7. The third-order valence-corrected chi connectivity index (χ3v) is 8.60. The maximum absolute atomic E-state index is 12.7. The number of nitrogens with zero attached hydrogens (tertiary/aromatic N) is 4. The van der Waals surface area contributed by atoms with Crippen LogP contribution in [-0.4, -0.2) is 81.0 Å². The second kappa shape index (κ2) is 12.0.